The van der Waals surface area contributed by atoms with Crippen molar-refractivity contribution in [1.82, 2.24) is 0 Å². The number of anilines is 1. The van der Waals surface area contributed by atoms with Gasteiger partial charge in [-0.1, -0.05) is 96.1 Å². The number of hydrogen-bond acceptors (Lipinski definition) is 2. The van der Waals surface area contributed by atoms with Crippen molar-refractivity contribution in [1.29, 1.82) is 0 Å². The number of nitrogens with one attached hydrogen (secondary N) is 1. The molecule has 2 nitrogen and oxygen atoms in total. The van der Waals surface area contributed by atoms with E-state index in [1.165, 1.54) is 33.4 Å². The minimum absolute atomic E-state index is 0. The molecule has 0 saturated heterocycles. The molecule has 1 aliphatic carbocycles. The van der Waals surface area contributed by atoms with Gasteiger partial charge in [0.2, 0.25) is 0 Å². The van der Waals surface area contributed by atoms with E-state index in [0.29, 0.717) is 0 Å². The topological polar surface area (TPSA) is 24.4 Å². The molecule has 1 aliphatic rings. The monoisotopic (exact) mass is 512 g/mol. The maximum absolute atomic E-state index is 4.87. The van der Waals surface area contributed by atoms with Crippen molar-refractivity contribution in [2.45, 2.75) is 71.6 Å². The second kappa shape index (κ2) is 12.0. The lowest BCUT2D eigenvalue weighted by Crippen LogP contribution is -2.17. The molecular formula is C34H41ClN2. The van der Waals surface area contributed by atoms with Crippen LogP contribution in [-0.2, 0) is 10.8 Å². The first kappa shape index (κ1) is 28.5. The summed E-state index contributed by atoms with van der Waals surface area (Å²) in [5.41, 5.74) is 10.2. The van der Waals surface area contributed by atoms with Crippen LogP contribution in [0.1, 0.15) is 77.5 Å². The average molecular weight is 513 g/mol. The molecule has 0 aromatic heterocycles. The van der Waals surface area contributed by atoms with Crippen molar-refractivity contribution >= 4 is 35.6 Å². The summed E-state index contributed by atoms with van der Waals surface area (Å²) in [5.74, 6) is 0. The molecule has 0 heterocycles. The van der Waals surface area contributed by atoms with Gasteiger partial charge in [-0.25, -0.2) is 0 Å². The van der Waals surface area contributed by atoms with Crippen LogP contribution in [0.3, 0.4) is 0 Å². The van der Waals surface area contributed by atoms with Gasteiger partial charge in [0.1, 0.15) is 0 Å². The SMILES string of the molecule is CC(C)(C)c1cc(C2=C(/C=N/c3ccccc3)CCC/C2=C\Nc2ccccc2)cc(C(C)(C)C)c1.Cl. The first-order valence-electron chi connectivity index (χ1n) is 13.1. The van der Waals surface area contributed by atoms with Gasteiger partial charge in [0.05, 0.1) is 5.69 Å². The van der Waals surface area contributed by atoms with Crippen LogP contribution in [0.25, 0.3) is 5.57 Å². The smallest absolute Gasteiger partial charge is 0.0629 e. The average Bonchev–Trinajstić information content (AvgIpc) is 2.86. The van der Waals surface area contributed by atoms with Gasteiger partial charge in [-0.05, 0) is 87.8 Å². The van der Waals surface area contributed by atoms with Crippen LogP contribution in [0.15, 0.2) is 101 Å². The van der Waals surface area contributed by atoms with Crippen molar-refractivity contribution in [2.75, 3.05) is 5.32 Å². The molecule has 0 amide bonds. The Bertz CT molecular complexity index is 1240. The van der Waals surface area contributed by atoms with E-state index in [-0.39, 0.29) is 23.2 Å². The van der Waals surface area contributed by atoms with Crippen LogP contribution in [0.4, 0.5) is 11.4 Å². The third kappa shape index (κ3) is 7.46. The molecule has 3 heteroatoms. The van der Waals surface area contributed by atoms with Crippen molar-refractivity contribution < 1.29 is 0 Å². The van der Waals surface area contributed by atoms with E-state index < -0.39 is 0 Å². The molecule has 1 N–H and O–H groups in total. The third-order valence-corrected chi connectivity index (χ3v) is 6.80. The summed E-state index contributed by atoms with van der Waals surface area (Å²) in [7, 11) is 0. The van der Waals surface area contributed by atoms with Crippen LogP contribution in [0, 0.1) is 0 Å². The Hall–Kier alpha value is -3.10. The van der Waals surface area contributed by atoms with Gasteiger partial charge in [0, 0.05) is 18.1 Å². The van der Waals surface area contributed by atoms with Gasteiger partial charge in [0.25, 0.3) is 0 Å². The van der Waals surface area contributed by atoms with Gasteiger partial charge in [0.15, 0.2) is 0 Å². The Morgan fingerprint density at radius 3 is 1.86 bits per heavy atom. The fourth-order valence-electron chi connectivity index (χ4n) is 4.58. The van der Waals surface area contributed by atoms with Crippen LogP contribution in [0.2, 0.25) is 0 Å². The van der Waals surface area contributed by atoms with E-state index >= 15 is 0 Å². The number of hydrogen-bond donors (Lipinski definition) is 1. The fourth-order valence-corrected chi connectivity index (χ4v) is 4.58. The summed E-state index contributed by atoms with van der Waals surface area (Å²) in [6.07, 6.45) is 7.50. The number of allylic oxidation sites excluding steroid dienone is 3. The van der Waals surface area contributed by atoms with E-state index in [4.69, 9.17) is 4.99 Å². The van der Waals surface area contributed by atoms with Crippen LogP contribution in [-0.4, -0.2) is 6.21 Å². The highest BCUT2D eigenvalue weighted by atomic mass is 35.5. The van der Waals surface area contributed by atoms with E-state index in [0.717, 1.165) is 30.6 Å². The number of para-hydroxylation sites is 2. The molecule has 0 fully saturated rings. The molecular weight excluding hydrogens is 472 g/mol. The maximum Gasteiger partial charge on any atom is 0.0629 e. The predicted molar refractivity (Wildman–Crippen MR) is 165 cm³/mol. The first-order valence-corrected chi connectivity index (χ1v) is 13.1. The lowest BCUT2D eigenvalue weighted by molar-refractivity contribution is 0.568. The van der Waals surface area contributed by atoms with Crippen molar-refractivity contribution in [3.8, 4) is 0 Å². The lowest BCUT2D eigenvalue weighted by atomic mass is 9.76. The second-order valence-corrected chi connectivity index (χ2v) is 11.8. The second-order valence-electron chi connectivity index (χ2n) is 11.8. The molecule has 0 aliphatic heterocycles. The van der Waals surface area contributed by atoms with Crippen molar-refractivity contribution in [3.63, 3.8) is 0 Å². The number of halogens is 1. The molecule has 4 rings (SSSR count). The lowest BCUT2D eigenvalue weighted by Gasteiger charge is -2.29. The third-order valence-electron chi connectivity index (χ3n) is 6.80. The number of rotatable bonds is 5. The van der Waals surface area contributed by atoms with Crippen LogP contribution in [0.5, 0.6) is 0 Å². The summed E-state index contributed by atoms with van der Waals surface area (Å²) < 4.78 is 0. The minimum atomic E-state index is 0. The molecule has 0 bridgehead atoms. The normalized spacial score (nSPS) is 15.7. The zero-order valence-corrected chi connectivity index (χ0v) is 24.0. The van der Waals surface area contributed by atoms with E-state index in [2.05, 4.69) is 120 Å². The summed E-state index contributed by atoms with van der Waals surface area (Å²) in [5, 5.41) is 3.56. The largest absolute Gasteiger partial charge is 0.361 e. The van der Waals surface area contributed by atoms with Crippen molar-refractivity contribution in [3.05, 3.63) is 113 Å². The summed E-state index contributed by atoms with van der Waals surface area (Å²) in [4.78, 5) is 4.87. The number of benzene rings is 3. The quantitative estimate of drug-likeness (QED) is 0.338. The molecule has 0 spiro atoms. The Morgan fingerprint density at radius 1 is 0.730 bits per heavy atom. The van der Waals surface area contributed by atoms with Gasteiger partial charge >= 0.3 is 0 Å². The highest BCUT2D eigenvalue weighted by molar-refractivity contribution is 5.98. The molecule has 37 heavy (non-hydrogen) atoms. The standard InChI is InChI=1S/C34H40N2.ClH/c1-33(2,3)28-20-27(21-29(22-28)34(4,5)6)32-25(23-35-30-16-9-7-10-17-30)14-13-15-26(32)24-36-31-18-11-8-12-19-31;/h7-12,16-24,35H,13-15H2,1-6H3;1H/b25-23+,36-24+;. The fraction of sp³-hybridized carbons (Fsp3) is 0.324. The Morgan fingerprint density at radius 2 is 1.30 bits per heavy atom. The molecule has 194 valence electrons. The molecule has 0 radical (unpaired) electrons. The molecule has 3 aromatic rings. The maximum atomic E-state index is 4.87. The molecule has 0 saturated carbocycles. The number of aliphatic imine (C=N–C) groups is 1. The summed E-state index contributed by atoms with van der Waals surface area (Å²) >= 11 is 0. The summed E-state index contributed by atoms with van der Waals surface area (Å²) in [6, 6.07) is 27.9. The van der Waals surface area contributed by atoms with Gasteiger partial charge in [-0.3, -0.25) is 4.99 Å². The molecule has 0 unspecified atom stereocenters. The zero-order valence-electron chi connectivity index (χ0n) is 23.1. The summed E-state index contributed by atoms with van der Waals surface area (Å²) in [6.45, 7) is 13.8. The Balaban J connectivity index is 0.00000380. The Labute approximate surface area is 230 Å². The minimum Gasteiger partial charge on any atom is -0.361 e. The van der Waals surface area contributed by atoms with E-state index in [1.807, 2.05) is 18.2 Å². The molecule has 0 atom stereocenters. The van der Waals surface area contributed by atoms with Crippen molar-refractivity contribution in [2.24, 2.45) is 4.99 Å². The number of nitrogens with zero attached hydrogens (tertiary/aromatic N) is 1. The van der Waals surface area contributed by atoms with E-state index in [9.17, 15) is 0 Å². The highest BCUT2D eigenvalue weighted by Gasteiger charge is 2.24. The van der Waals surface area contributed by atoms with Gasteiger partial charge in [-0.2, -0.15) is 0 Å². The highest BCUT2D eigenvalue weighted by Crippen LogP contribution is 2.40. The predicted octanol–water partition coefficient (Wildman–Crippen LogP) is 10.0. The Kier molecular flexibility index (Phi) is 9.21. The first-order chi connectivity index (χ1) is 17.1. The van der Waals surface area contributed by atoms with Gasteiger partial charge in [-0.15, -0.1) is 12.4 Å². The van der Waals surface area contributed by atoms with Crippen LogP contribution >= 0.6 is 12.4 Å². The zero-order chi connectivity index (χ0) is 25.8. The van der Waals surface area contributed by atoms with Gasteiger partial charge < -0.3 is 5.32 Å². The molecule has 3 aromatic carbocycles. The van der Waals surface area contributed by atoms with Crippen LogP contribution < -0.4 is 5.32 Å². The van der Waals surface area contributed by atoms with E-state index in [1.54, 1.807) is 0 Å².